The van der Waals surface area contributed by atoms with Crippen molar-refractivity contribution < 1.29 is 9.90 Å². The maximum atomic E-state index is 13.5. The fraction of sp³-hybridized carbons (Fsp3) is 0.219. The molecule has 8 aromatic carbocycles. The number of thiocarbonyl (C=S) groups is 1. The zero-order valence-electron chi connectivity index (χ0n) is 39.1. The van der Waals surface area contributed by atoms with E-state index in [1.54, 1.807) is 0 Å². The summed E-state index contributed by atoms with van der Waals surface area (Å²) in [4.78, 5) is 13.5. The summed E-state index contributed by atoms with van der Waals surface area (Å²) in [5.41, 5.74) is 9.75. The lowest BCUT2D eigenvalue weighted by atomic mass is 9.57. The van der Waals surface area contributed by atoms with Gasteiger partial charge in [-0.2, -0.15) is 0 Å². The maximum absolute atomic E-state index is 13.5. The molecule has 8 unspecified atom stereocenters. The van der Waals surface area contributed by atoms with E-state index in [1.165, 1.54) is 38.9 Å². The number of rotatable bonds is 21. The van der Waals surface area contributed by atoms with Crippen LogP contribution in [0, 0.1) is 11.8 Å². The summed E-state index contributed by atoms with van der Waals surface area (Å²) >= 11 is 8.30. The number of hydrogen-bond acceptors (Lipinski definition) is 3. The topological polar surface area (TPSA) is 37.3 Å². The van der Waals surface area contributed by atoms with Crippen LogP contribution in [0.3, 0.4) is 0 Å². The molecule has 8 aromatic rings. The molecule has 0 saturated heterocycles. The largest absolute Gasteiger partial charge is 0.481 e. The van der Waals surface area contributed by atoms with Crippen LogP contribution in [0.15, 0.2) is 243 Å². The van der Waals surface area contributed by atoms with Crippen LogP contribution in [-0.2, 0) is 11.2 Å². The Hall–Kier alpha value is -6.33. The van der Waals surface area contributed by atoms with Gasteiger partial charge in [0.25, 0.3) is 0 Å². The third-order valence-corrected chi connectivity index (χ3v) is 15.3. The van der Waals surface area contributed by atoms with Crippen LogP contribution in [0.5, 0.6) is 0 Å². The van der Waals surface area contributed by atoms with E-state index in [4.69, 9.17) is 12.2 Å². The smallest absolute Gasteiger partial charge is 0.306 e. The zero-order valence-corrected chi connectivity index (χ0v) is 40.7. The van der Waals surface area contributed by atoms with Gasteiger partial charge in [-0.3, -0.25) is 4.79 Å². The second-order valence-corrected chi connectivity index (χ2v) is 20.6. The summed E-state index contributed by atoms with van der Waals surface area (Å²) in [6, 6.07) is 88.0. The second-order valence-electron chi connectivity index (χ2n) is 18.6. The Morgan fingerprint density at radius 3 is 1.10 bits per heavy atom. The molecule has 0 aliphatic heterocycles. The first-order valence-electron chi connectivity index (χ1n) is 24.2. The molecule has 0 aliphatic carbocycles. The zero-order chi connectivity index (χ0) is 47.1. The van der Waals surface area contributed by atoms with Crippen LogP contribution in [-0.4, -0.2) is 15.3 Å². The van der Waals surface area contributed by atoms with E-state index in [1.807, 2.05) is 11.8 Å². The maximum Gasteiger partial charge on any atom is 0.306 e. The van der Waals surface area contributed by atoms with Crippen LogP contribution in [0.2, 0.25) is 0 Å². The first-order chi connectivity index (χ1) is 33.4. The molecular formula is C64H62O2S2. The molecule has 1 N–H and O–H groups in total. The van der Waals surface area contributed by atoms with Crippen molar-refractivity contribution in [2.45, 2.75) is 73.9 Å². The second kappa shape index (κ2) is 24.1. The Morgan fingerprint density at radius 2 is 0.721 bits per heavy atom. The van der Waals surface area contributed by atoms with Gasteiger partial charge in [-0.1, -0.05) is 269 Å². The van der Waals surface area contributed by atoms with Crippen LogP contribution in [0.4, 0.5) is 0 Å². The van der Waals surface area contributed by atoms with Gasteiger partial charge in [0.1, 0.15) is 0 Å². The van der Waals surface area contributed by atoms with E-state index in [2.05, 4.69) is 257 Å². The highest BCUT2D eigenvalue weighted by atomic mass is 32.2. The Morgan fingerprint density at radius 1 is 0.412 bits per heavy atom. The Bertz CT molecular complexity index is 2720. The molecule has 4 heteroatoms. The van der Waals surface area contributed by atoms with Gasteiger partial charge in [0.2, 0.25) is 0 Å². The van der Waals surface area contributed by atoms with Crippen molar-refractivity contribution in [3.05, 3.63) is 287 Å². The van der Waals surface area contributed by atoms with Crippen LogP contribution >= 0.6 is 24.0 Å². The Labute approximate surface area is 414 Å². The number of thioether (sulfide) groups is 1. The minimum Gasteiger partial charge on any atom is -0.481 e. The highest BCUT2D eigenvalue weighted by Crippen LogP contribution is 2.62. The van der Waals surface area contributed by atoms with E-state index >= 15 is 0 Å². The summed E-state index contributed by atoms with van der Waals surface area (Å²) < 4.78 is 0.949. The molecule has 0 fully saturated rings. The van der Waals surface area contributed by atoms with E-state index in [0.717, 1.165) is 9.76 Å². The van der Waals surface area contributed by atoms with Crippen molar-refractivity contribution in [3.8, 4) is 0 Å². The van der Waals surface area contributed by atoms with Gasteiger partial charge in [0.15, 0.2) is 0 Å². The summed E-state index contributed by atoms with van der Waals surface area (Å²) in [6.07, 6.45) is 1.78. The molecule has 0 bridgehead atoms. The monoisotopic (exact) mass is 926 g/mol. The normalized spacial score (nSPS) is 15.0. The molecule has 0 aliphatic rings. The molecule has 0 saturated carbocycles. The fourth-order valence-electron chi connectivity index (χ4n) is 10.9. The summed E-state index contributed by atoms with van der Waals surface area (Å²) in [5.74, 6) is -1.83. The minimum atomic E-state index is -0.734. The van der Waals surface area contributed by atoms with Gasteiger partial charge >= 0.3 is 5.97 Å². The lowest BCUT2D eigenvalue weighted by Gasteiger charge is -2.47. The highest BCUT2D eigenvalue weighted by Gasteiger charge is 2.47. The van der Waals surface area contributed by atoms with Gasteiger partial charge in [0, 0.05) is 17.6 Å². The molecule has 0 aromatic heterocycles. The first-order valence-corrected chi connectivity index (χ1v) is 25.4. The quantitative estimate of drug-likeness (QED) is 0.0729. The fourth-order valence-corrected chi connectivity index (χ4v) is 12.6. The van der Waals surface area contributed by atoms with Gasteiger partial charge in [-0.15, -0.1) is 11.8 Å². The number of carboxylic acid groups (broad SMARTS) is 1. The summed E-state index contributed by atoms with van der Waals surface area (Å²) in [6.45, 7) is 4.28. The Balaban J connectivity index is 1.45. The van der Waals surface area contributed by atoms with Gasteiger partial charge < -0.3 is 5.11 Å². The molecule has 2 nitrogen and oxygen atoms in total. The van der Waals surface area contributed by atoms with Crippen molar-refractivity contribution in [2.75, 3.05) is 0 Å². The van der Waals surface area contributed by atoms with Crippen molar-refractivity contribution >= 4 is 34.1 Å². The molecule has 0 radical (unpaired) electrons. The van der Waals surface area contributed by atoms with Crippen LogP contribution < -0.4 is 0 Å². The average Bonchev–Trinajstić information content (AvgIpc) is 3.39. The molecule has 342 valence electrons. The first kappa shape index (κ1) is 48.1. The van der Waals surface area contributed by atoms with Gasteiger partial charge in [-0.05, 0) is 92.9 Å². The molecule has 68 heavy (non-hydrogen) atoms. The van der Waals surface area contributed by atoms with Crippen molar-refractivity contribution in [1.82, 2.24) is 0 Å². The summed E-state index contributed by atoms with van der Waals surface area (Å²) in [5, 5.41) is 11.0. The molecule has 8 atom stereocenters. The lowest BCUT2D eigenvalue weighted by molar-refractivity contribution is -0.142. The minimum absolute atomic E-state index is 0.0785. The molecular weight excluding hydrogens is 865 g/mol. The summed E-state index contributed by atoms with van der Waals surface area (Å²) in [7, 11) is 0. The lowest BCUT2D eigenvalue weighted by Crippen LogP contribution is -2.33. The number of hydrogen-bond donors (Lipinski definition) is 1. The predicted octanol–water partition coefficient (Wildman–Crippen LogP) is 16.9. The van der Waals surface area contributed by atoms with Crippen molar-refractivity contribution in [1.29, 1.82) is 0 Å². The molecule has 0 spiro atoms. The SMILES string of the molecule is CC(C)CC(CC(c1ccccc1)C(c1ccccc1)C(c1ccccc1)C(c1ccccc1)C(c1ccccc1)C(c1ccccc1)C(SC(=S)Cc1ccccc1)c1ccccc1)C(=O)O. The molecule has 0 amide bonds. The number of aliphatic carboxylic acids is 1. The van der Waals surface area contributed by atoms with Crippen LogP contribution in [0.25, 0.3) is 0 Å². The number of carbonyl (C=O) groups is 1. The molecule has 8 rings (SSSR count). The third kappa shape index (κ3) is 12.2. The van der Waals surface area contributed by atoms with Crippen molar-refractivity contribution in [3.63, 3.8) is 0 Å². The average molecular weight is 927 g/mol. The van der Waals surface area contributed by atoms with Gasteiger partial charge in [0.05, 0.1) is 10.1 Å². The number of carboxylic acids is 1. The van der Waals surface area contributed by atoms with E-state index in [-0.39, 0.29) is 46.7 Å². The number of benzene rings is 8. The predicted molar refractivity (Wildman–Crippen MR) is 290 cm³/mol. The van der Waals surface area contributed by atoms with Gasteiger partial charge in [-0.25, -0.2) is 0 Å². The van der Waals surface area contributed by atoms with Crippen molar-refractivity contribution in [2.24, 2.45) is 11.8 Å². The van der Waals surface area contributed by atoms with Crippen LogP contribution in [0.1, 0.15) is 112 Å². The van der Waals surface area contributed by atoms with E-state index in [9.17, 15) is 9.90 Å². The Kier molecular flexibility index (Phi) is 17.1. The van der Waals surface area contributed by atoms with E-state index in [0.29, 0.717) is 19.3 Å². The highest BCUT2D eigenvalue weighted by molar-refractivity contribution is 8.23. The molecule has 0 heterocycles. The van der Waals surface area contributed by atoms with E-state index < -0.39 is 11.9 Å². The standard InChI is InChI=1S/C64H62O2S2/c1-46(2)43-55(64(65)66)45-56(48-29-13-4-14-30-48)58(49-31-15-5-16-32-49)59(50-33-17-6-18-34-50)60(51-35-19-7-20-36-51)61(52-37-21-8-22-38-52)62(53-39-23-9-24-40-53)63(54-41-25-10-26-42-54)68-57(67)44-47-27-11-3-12-28-47/h3-42,46,55-56,58-63H,43-45H2,1-2H3,(H,65,66). The third-order valence-electron chi connectivity index (χ3n) is 13.7.